The Morgan fingerprint density at radius 2 is 2.24 bits per heavy atom. The summed E-state index contributed by atoms with van der Waals surface area (Å²) in [5.41, 5.74) is 0.729. The van der Waals surface area contributed by atoms with Gasteiger partial charge in [-0.2, -0.15) is 5.10 Å². The van der Waals surface area contributed by atoms with Crippen LogP contribution in [0.25, 0.3) is 0 Å². The molecule has 0 radical (unpaired) electrons. The van der Waals surface area contributed by atoms with Gasteiger partial charge < -0.3 is 14.6 Å². The zero-order chi connectivity index (χ0) is 18.0. The van der Waals surface area contributed by atoms with Crippen LogP contribution in [0.2, 0.25) is 5.15 Å². The van der Waals surface area contributed by atoms with E-state index in [0.717, 1.165) is 0 Å². The summed E-state index contributed by atoms with van der Waals surface area (Å²) in [6, 6.07) is 5.01. The summed E-state index contributed by atoms with van der Waals surface area (Å²) in [7, 11) is 3.05. The highest BCUT2D eigenvalue weighted by Gasteiger charge is 2.25. The fourth-order valence-corrected chi connectivity index (χ4v) is 2.51. The minimum Gasteiger partial charge on any atom is -0.497 e. The summed E-state index contributed by atoms with van der Waals surface area (Å²) >= 11 is 6.04. The SMILES string of the molecule is COc1ccc(C(NC(=O)c2cnn(C)c2Cl)c2ccon2)c(F)c1. The summed E-state index contributed by atoms with van der Waals surface area (Å²) in [6.07, 6.45) is 2.68. The molecular weight excluding hydrogens is 351 g/mol. The summed E-state index contributed by atoms with van der Waals surface area (Å²) in [5.74, 6) is -0.701. The minimum atomic E-state index is -0.867. The number of amides is 1. The van der Waals surface area contributed by atoms with E-state index in [1.54, 1.807) is 19.2 Å². The monoisotopic (exact) mass is 364 g/mol. The maximum absolute atomic E-state index is 14.5. The third-order valence-corrected chi connectivity index (χ3v) is 4.11. The molecule has 1 atom stereocenters. The van der Waals surface area contributed by atoms with E-state index >= 15 is 0 Å². The zero-order valence-corrected chi connectivity index (χ0v) is 14.1. The fourth-order valence-electron chi connectivity index (χ4n) is 2.33. The number of benzene rings is 1. The average Bonchev–Trinajstić information content (AvgIpc) is 3.24. The summed E-state index contributed by atoms with van der Waals surface area (Å²) in [4.78, 5) is 12.5. The largest absolute Gasteiger partial charge is 0.497 e. The van der Waals surface area contributed by atoms with Gasteiger partial charge in [0.25, 0.3) is 5.91 Å². The van der Waals surface area contributed by atoms with Gasteiger partial charge in [0, 0.05) is 24.7 Å². The molecule has 0 saturated carbocycles. The molecule has 2 aromatic heterocycles. The Labute approximate surface area is 147 Å². The molecule has 0 bridgehead atoms. The molecule has 0 saturated heterocycles. The van der Waals surface area contributed by atoms with Crippen LogP contribution in [0.5, 0.6) is 5.75 Å². The van der Waals surface area contributed by atoms with Gasteiger partial charge >= 0.3 is 0 Å². The number of nitrogens with one attached hydrogen (secondary N) is 1. The van der Waals surface area contributed by atoms with Crippen LogP contribution in [0.3, 0.4) is 0 Å². The normalized spacial score (nSPS) is 12.0. The third-order valence-electron chi connectivity index (χ3n) is 3.66. The molecule has 0 spiro atoms. The first-order valence-electron chi connectivity index (χ1n) is 7.23. The van der Waals surface area contributed by atoms with Crippen LogP contribution in [-0.4, -0.2) is 28.0 Å². The number of aromatic nitrogens is 3. The van der Waals surface area contributed by atoms with E-state index in [-0.39, 0.29) is 16.3 Å². The van der Waals surface area contributed by atoms with Gasteiger partial charge in [0.05, 0.1) is 18.9 Å². The summed E-state index contributed by atoms with van der Waals surface area (Å²) < 4.78 is 25.7. The Morgan fingerprint density at radius 1 is 1.44 bits per heavy atom. The van der Waals surface area contributed by atoms with Gasteiger partial charge in [0.15, 0.2) is 0 Å². The highest BCUT2D eigenvalue weighted by atomic mass is 35.5. The first-order valence-corrected chi connectivity index (χ1v) is 7.61. The molecule has 1 aromatic carbocycles. The molecule has 3 aromatic rings. The van der Waals surface area contributed by atoms with Crippen molar-refractivity contribution in [1.29, 1.82) is 0 Å². The van der Waals surface area contributed by atoms with E-state index in [4.69, 9.17) is 20.9 Å². The number of aryl methyl sites for hydroxylation is 1. The van der Waals surface area contributed by atoms with Crippen LogP contribution in [0.1, 0.15) is 27.7 Å². The van der Waals surface area contributed by atoms with Crippen LogP contribution in [0.4, 0.5) is 4.39 Å². The Hall–Kier alpha value is -2.87. The number of ether oxygens (including phenoxy) is 1. The average molecular weight is 365 g/mol. The molecule has 0 fully saturated rings. The van der Waals surface area contributed by atoms with Gasteiger partial charge in [-0.25, -0.2) is 4.39 Å². The Morgan fingerprint density at radius 3 is 2.80 bits per heavy atom. The van der Waals surface area contributed by atoms with Crippen molar-refractivity contribution < 1.29 is 18.4 Å². The molecule has 25 heavy (non-hydrogen) atoms. The van der Waals surface area contributed by atoms with Crippen LogP contribution >= 0.6 is 11.6 Å². The molecule has 3 rings (SSSR count). The van der Waals surface area contributed by atoms with Gasteiger partial charge in [-0.15, -0.1) is 0 Å². The molecular formula is C16H14ClFN4O3. The van der Waals surface area contributed by atoms with Crippen molar-refractivity contribution in [3.63, 3.8) is 0 Å². The lowest BCUT2D eigenvalue weighted by atomic mass is 10.0. The molecule has 130 valence electrons. The van der Waals surface area contributed by atoms with Crippen molar-refractivity contribution in [2.75, 3.05) is 7.11 Å². The number of carbonyl (C=O) groups is 1. The second-order valence-electron chi connectivity index (χ2n) is 5.19. The molecule has 9 heteroatoms. The molecule has 0 aliphatic carbocycles. The van der Waals surface area contributed by atoms with Crippen molar-refractivity contribution in [3.05, 3.63) is 64.5 Å². The molecule has 1 N–H and O–H groups in total. The summed E-state index contributed by atoms with van der Waals surface area (Å²) in [5, 5.41) is 10.6. The van der Waals surface area contributed by atoms with Crippen molar-refractivity contribution >= 4 is 17.5 Å². The first-order chi connectivity index (χ1) is 12.0. The maximum Gasteiger partial charge on any atom is 0.256 e. The van der Waals surface area contributed by atoms with E-state index in [9.17, 15) is 9.18 Å². The topological polar surface area (TPSA) is 82.2 Å². The van der Waals surface area contributed by atoms with Crippen molar-refractivity contribution in [3.8, 4) is 5.75 Å². The van der Waals surface area contributed by atoms with E-state index in [1.807, 2.05) is 0 Å². The quantitative estimate of drug-likeness (QED) is 0.752. The van der Waals surface area contributed by atoms with Crippen LogP contribution in [0.15, 0.2) is 41.2 Å². The molecule has 7 nitrogen and oxygen atoms in total. The van der Waals surface area contributed by atoms with Crippen LogP contribution < -0.4 is 10.1 Å². The van der Waals surface area contributed by atoms with Crippen LogP contribution in [0, 0.1) is 5.82 Å². The molecule has 0 aliphatic rings. The lowest BCUT2D eigenvalue weighted by molar-refractivity contribution is 0.0941. The Balaban J connectivity index is 1.96. The standard InChI is InChI=1S/C16H14ClFN4O3/c1-22-15(17)11(8-19-22)16(23)20-14(13-5-6-25-21-13)10-4-3-9(24-2)7-12(10)18/h3-8,14H,1-2H3,(H,20,23). The number of halogens is 2. The van der Waals surface area contributed by atoms with E-state index in [0.29, 0.717) is 11.4 Å². The molecule has 0 aliphatic heterocycles. The zero-order valence-electron chi connectivity index (χ0n) is 13.4. The van der Waals surface area contributed by atoms with Crippen LogP contribution in [-0.2, 0) is 7.05 Å². The van der Waals surface area contributed by atoms with Gasteiger partial charge in [-0.1, -0.05) is 16.8 Å². The lowest BCUT2D eigenvalue weighted by Crippen LogP contribution is -2.30. The maximum atomic E-state index is 14.5. The lowest BCUT2D eigenvalue weighted by Gasteiger charge is -2.18. The fraction of sp³-hybridized carbons (Fsp3) is 0.188. The van der Waals surface area contributed by atoms with Crippen molar-refractivity contribution in [2.24, 2.45) is 7.05 Å². The van der Waals surface area contributed by atoms with Gasteiger partial charge in [0.1, 0.15) is 34.7 Å². The number of hydrogen-bond donors (Lipinski definition) is 1. The second-order valence-corrected chi connectivity index (χ2v) is 5.55. The number of nitrogens with zero attached hydrogens (tertiary/aromatic N) is 3. The predicted molar refractivity (Wildman–Crippen MR) is 87.0 cm³/mol. The Bertz CT molecular complexity index is 895. The highest BCUT2D eigenvalue weighted by Crippen LogP contribution is 2.27. The predicted octanol–water partition coefficient (Wildman–Crippen LogP) is 2.73. The van der Waals surface area contributed by atoms with Gasteiger partial charge in [-0.05, 0) is 12.1 Å². The first kappa shape index (κ1) is 17.0. The number of hydrogen-bond acceptors (Lipinski definition) is 5. The minimum absolute atomic E-state index is 0.173. The molecule has 1 unspecified atom stereocenters. The van der Waals surface area contributed by atoms with E-state index in [1.165, 1.54) is 36.4 Å². The second kappa shape index (κ2) is 6.94. The van der Waals surface area contributed by atoms with Crippen molar-refractivity contribution in [1.82, 2.24) is 20.3 Å². The number of carbonyl (C=O) groups excluding carboxylic acids is 1. The van der Waals surface area contributed by atoms with E-state index in [2.05, 4.69) is 15.6 Å². The molecule has 2 heterocycles. The van der Waals surface area contributed by atoms with Crippen molar-refractivity contribution in [2.45, 2.75) is 6.04 Å². The van der Waals surface area contributed by atoms with Gasteiger partial charge in [0.2, 0.25) is 0 Å². The van der Waals surface area contributed by atoms with Gasteiger partial charge in [-0.3, -0.25) is 9.48 Å². The smallest absolute Gasteiger partial charge is 0.256 e. The highest BCUT2D eigenvalue weighted by molar-refractivity contribution is 6.32. The third kappa shape index (κ3) is 3.34. The van der Waals surface area contributed by atoms with E-state index < -0.39 is 17.8 Å². The summed E-state index contributed by atoms with van der Waals surface area (Å²) in [6.45, 7) is 0. The Kier molecular flexibility index (Phi) is 4.71. The number of methoxy groups -OCH3 is 1. The number of rotatable bonds is 5. The molecule has 1 amide bonds.